The van der Waals surface area contributed by atoms with Gasteiger partial charge in [0.25, 0.3) is 0 Å². The first kappa shape index (κ1) is 15.2. The van der Waals surface area contributed by atoms with Gasteiger partial charge in [0.1, 0.15) is 11.6 Å². The van der Waals surface area contributed by atoms with Crippen LogP contribution in [-0.4, -0.2) is 16.6 Å². The van der Waals surface area contributed by atoms with Gasteiger partial charge in [-0.3, -0.25) is 9.79 Å². The molecule has 1 N–H and O–H groups in total. The highest BCUT2D eigenvalue weighted by atomic mass is 19.1. The lowest BCUT2D eigenvalue weighted by molar-refractivity contribution is -0.114. The molecule has 0 saturated carbocycles. The third-order valence-electron chi connectivity index (χ3n) is 3.77. The van der Waals surface area contributed by atoms with Crippen molar-refractivity contribution in [1.29, 1.82) is 0 Å². The van der Waals surface area contributed by atoms with E-state index in [-0.39, 0.29) is 17.4 Å². The van der Waals surface area contributed by atoms with Crippen LogP contribution < -0.4 is 0 Å². The molecule has 0 spiro atoms. The first-order valence-electron chi connectivity index (χ1n) is 7.45. The van der Waals surface area contributed by atoms with E-state index in [2.05, 4.69) is 4.99 Å². The molecule has 0 unspecified atom stereocenters. The Morgan fingerprint density at radius 1 is 1.04 bits per heavy atom. The topological polar surface area (TPSA) is 49.7 Å². The summed E-state index contributed by atoms with van der Waals surface area (Å²) in [7, 11) is 0. The Balaban J connectivity index is 1.99. The molecule has 0 heterocycles. The Morgan fingerprint density at radius 2 is 1.74 bits per heavy atom. The smallest absolute Gasteiger partial charge is 0.168 e. The van der Waals surface area contributed by atoms with Gasteiger partial charge in [-0.05, 0) is 17.7 Å². The van der Waals surface area contributed by atoms with Crippen LogP contribution in [0.4, 0.5) is 4.39 Å². The maximum atomic E-state index is 13.0. The molecule has 0 aromatic heterocycles. The lowest BCUT2D eigenvalue weighted by Gasteiger charge is -2.08. The van der Waals surface area contributed by atoms with Crippen LogP contribution in [0.2, 0.25) is 0 Å². The summed E-state index contributed by atoms with van der Waals surface area (Å²) in [6.45, 7) is 0.314. The standard InChI is InChI=1S/C19H16FNO2/c20-15-8-6-13(7-9-15)12-21-19(14-4-2-1-3-5-14)18-16(22)10-11-17(18)23/h1-9,22H,10-12H2. The zero-order valence-corrected chi connectivity index (χ0v) is 12.5. The van der Waals surface area contributed by atoms with E-state index >= 15 is 0 Å². The predicted molar refractivity (Wildman–Crippen MR) is 87.0 cm³/mol. The number of ketones is 1. The highest BCUT2D eigenvalue weighted by Crippen LogP contribution is 2.25. The monoisotopic (exact) mass is 309 g/mol. The van der Waals surface area contributed by atoms with Crippen molar-refractivity contribution in [3.8, 4) is 0 Å². The molecule has 3 nitrogen and oxygen atoms in total. The minimum Gasteiger partial charge on any atom is -0.511 e. The summed E-state index contributed by atoms with van der Waals surface area (Å²) in [6, 6.07) is 15.4. The largest absolute Gasteiger partial charge is 0.511 e. The Morgan fingerprint density at radius 3 is 2.35 bits per heavy atom. The van der Waals surface area contributed by atoms with Crippen LogP contribution in [0.5, 0.6) is 0 Å². The molecule has 1 aliphatic rings. The van der Waals surface area contributed by atoms with E-state index < -0.39 is 0 Å². The Kier molecular flexibility index (Phi) is 4.33. The number of aliphatic imine (C=N–C) groups is 1. The third-order valence-corrected chi connectivity index (χ3v) is 3.77. The summed E-state index contributed by atoms with van der Waals surface area (Å²) in [5.74, 6) is -0.298. The zero-order valence-electron chi connectivity index (χ0n) is 12.5. The summed E-state index contributed by atoms with van der Waals surface area (Å²) in [4.78, 5) is 16.6. The van der Waals surface area contributed by atoms with E-state index in [9.17, 15) is 14.3 Å². The molecule has 0 fully saturated rings. The molecule has 1 aliphatic carbocycles. The lowest BCUT2D eigenvalue weighted by atomic mass is 10.0. The van der Waals surface area contributed by atoms with Gasteiger partial charge in [-0.15, -0.1) is 0 Å². The van der Waals surface area contributed by atoms with E-state index in [1.54, 1.807) is 12.1 Å². The van der Waals surface area contributed by atoms with E-state index in [0.717, 1.165) is 11.1 Å². The SMILES string of the molecule is O=C1CCC(O)=C1C(=NCc1ccc(F)cc1)c1ccccc1. The second-order valence-electron chi connectivity index (χ2n) is 5.40. The number of carbonyl (C=O) groups is 1. The molecule has 0 aliphatic heterocycles. The molecule has 0 radical (unpaired) electrons. The molecular formula is C19H16FNO2. The quantitative estimate of drug-likeness (QED) is 0.868. The number of hydrogen-bond donors (Lipinski definition) is 1. The summed E-state index contributed by atoms with van der Waals surface area (Å²) < 4.78 is 13.0. The second-order valence-corrected chi connectivity index (χ2v) is 5.40. The molecule has 2 aromatic carbocycles. The van der Waals surface area contributed by atoms with Crippen molar-refractivity contribution in [3.63, 3.8) is 0 Å². The number of aliphatic hydroxyl groups is 1. The van der Waals surface area contributed by atoms with Gasteiger partial charge in [0.2, 0.25) is 0 Å². The number of halogens is 1. The van der Waals surface area contributed by atoms with Gasteiger partial charge in [-0.1, -0.05) is 42.5 Å². The van der Waals surface area contributed by atoms with E-state index in [4.69, 9.17) is 0 Å². The normalized spacial score (nSPS) is 15.3. The first-order valence-corrected chi connectivity index (χ1v) is 7.45. The third kappa shape index (κ3) is 3.37. The molecule has 0 atom stereocenters. The van der Waals surface area contributed by atoms with Crippen LogP contribution in [-0.2, 0) is 11.3 Å². The first-order chi connectivity index (χ1) is 11.1. The average molecular weight is 309 g/mol. The fourth-order valence-corrected chi connectivity index (χ4v) is 2.58. The van der Waals surface area contributed by atoms with Crippen LogP contribution >= 0.6 is 0 Å². The number of rotatable bonds is 4. The Labute approximate surface area is 133 Å². The van der Waals surface area contributed by atoms with Crippen LogP contribution in [0.15, 0.2) is 70.9 Å². The van der Waals surface area contributed by atoms with Crippen molar-refractivity contribution in [3.05, 3.63) is 82.9 Å². The molecule has 4 heteroatoms. The summed E-state index contributed by atoms with van der Waals surface area (Å²) >= 11 is 0. The molecule has 2 aromatic rings. The minimum atomic E-state index is -0.299. The number of benzene rings is 2. The van der Waals surface area contributed by atoms with E-state index in [1.165, 1.54) is 12.1 Å². The van der Waals surface area contributed by atoms with Crippen LogP contribution in [0.1, 0.15) is 24.0 Å². The van der Waals surface area contributed by atoms with Gasteiger partial charge >= 0.3 is 0 Å². The van der Waals surface area contributed by atoms with Gasteiger partial charge in [0.05, 0.1) is 17.8 Å². The van der Waals surface area contributed by atoms with E-state index in [0.29, 0.717) is 30.7 Å². The number of Topliss-reactive ketones (excluding diaryl/α,β-unsaturated/α-hetero) is 1. The number of nitrogens with zero attached hydrogens (tertiary/aromatic N) is 1. The number of carbonyl (C=O) groups excluding carboxylic acids is 1. The van der Waals surface area contributed by atoms with Crippen molar-refractivity contribution >= 4 is 11.5 Å². The van der Waals surface area contributed by atoms with Crippen molar-refractivity contribution < 1.29 is 14.3 Å². The van der Waals surface area contributed by atoms with Crippen molar-refractivity contribution in [2.24, 2.45) is 4.99 Å². The van der Waals surface area contributed by atoms with Crippen LogP contribution in [0.25, 0.3) is 0 Å². The minimum absolute atomic E-state index is 0.0933. The fourth-order valence-electron chi connectivity index (χ4n) is 2.58. The maximum Gasteiger partial charge on any atom is 0.168 e. The Hall–Kier alpha value is -2.75. The van der Waals surface area contributed by atoms with Gasteiger partial charge < -0.3 is 5.11 Å². The molecular weight excluding hydrogens is 293 g/mol. The predicted octanol–water partition coefficient (Wildman–Crippen LogP) is 3.99. The van der Waals surface area contributed by atoms with Crippen molar-refractivity contribution in [2.45, 2.75) is 19.4 Å². The van der Waals surface area contributed by atoms with E-state index in [1.807, 2.05) is 30.3 Å². The number of hydrogen-bond acceptors (Lipinski definition) is 3. The van der Waals surface area contributed by atoms with Crippen LogP contribution in [0, 0.1) is 5.82 Å². The molecule has 0 bridgehead atoms. The number of aliphatic hydroxyl groups excluding tert-OH is 1. The van der Waals surface area contributed by atoms with Gasteiger partial charge in [-0.25, -0.2) is 4.39 Å². The lowest BCUT2D eigenvalue weighted by Crippen LogP contribution is -2.12. The summed E-state index contributed by atoms with van der Waals surface area (Å²) in [5.41, 5.74) is 2.42. The van der Waals surface area contributed by atoms with Gasteiger partial charge in [0, 0.05) is 18.4 Å². The van der Waals surface area contributed by atoms with Crippen LogP contribution in [0.3, 0.4) is 0 Å². The van der Waals surface area contributed by atoms with Gasteiger partial charge in [0.15, 0.2) is 5.78 Å². The average Bonchev–Trinajstić information content (AvgIpc) is 2.90. The highest BCUT2D eigenvalue weighted by Gasteiger charge is 2.27. The molecule has 0 amide bonds. The molecule has 116 valence electrons. The molecule has 23 heavy (non-hydrogen) atoms. The fraction of sp³-hybridized carbons (Fsp3) is 0.158. The summed E-state index contributed by atoms with van der Waals surface area (Å²) in [5, 5.41) is 10.1. The zero-order chi connectivity index (χ0) is 16.2. The Bertz CT molecular complexity index is 777. The van der Waals surface area contributed by atoms with Gasteiger partial charge in [-0.2, -0.15) is 0 Å². The summed E-state index contributed by atoms with van der Waals surface area (Å²) in [6.07, 6.45) is 0.667. The molecule has 3 rings (SSSR count). The van der Waals surface area contributed by atoms with Crippen molar-refractivity contribution in [1.82, 2.24) is 0 Å². The highest BCUT2D eigenvalue weighted by molar-refractivity contribution is 6.29. The number of allylic oxidation sites excluding steroid dienone is 2. The maximum absolute atomic E-state index is 13.0. The molecule has 0 saturated heterocycles. The second kappa shape index (κ2) is 6.57. The van der Waals surface area contributed by atoms with Crippen molar-refractivity contribution in [2.75, 3.05) is 0 Å².